The fourth-order valence-corrected chi connectivity index (χ4v) is 3.44. The monoisotopic (exact) mass is 362 g/mol. The summed E-state index contributed by atoms with van der Waals surface area (Å²) in [5.41, 5.74) is 0.613. The molecule has 0 unspecified atom stereocenters. The van der Waals surface area contributed by atoms with Crippen molar-refractivity contribution in [1.29, 1.82) is 0 Å². The molecule has 26 heavy (non-hydrogen) atoms. The summed E-state index contributed by atoms with van der Waals surface area (Å²) in [4.78, 5) is 28.0. The number of benzene rings is 1. The van der Waals surface area contributed by atoms with E-state index in [9.17, 15) is 9.59 Å². The summed E-state index contributed by atoms with van der Waals surface area (Å²) < 4.78 is 15.9. The molecule has 2 aliphatic rings. The Labute approximate surface area is 153 Å². The summed E-state index contributed by atoms with van der Waals surface area (Å²) in [6.07, 6.45) is 1.05. The van der Waals surface area contributed by atoms with E-state index < -0.39 is 5.60 Å². The van der Waals surface area contributed by atoms with Crippen molar-refractivity contribution in [2.45, 2.75) is 25.0 Å². The van der Waals surface area contributed by atoms with E-state index in [1.807, 2.05) is 30.3 Å². The number of carbonyl (C=O) groups is 2. The van der Waals surface area contributed by atoms with Gasteiger partial charge in [0.25, 0.3) is 0 Å². The van der Waals surface area contributed by atoms with Crippen LogP contribution in [0.5, 0.6) is 0 Å². The lowest BCUT2D eigenvalue weighted by molar-refractivity contribution is -0.139. The first-order valence-electron chi connectivity index (χ1n) is 8.98. The predicted octanol–water partition coefficient (Wildman–Crippen LogP) is 1.66. The zero-order valence-electron chi connectivity index (χ0n) is 15.2. The van der Waals surface area contributed by atoms with Crippen molar-refractivity contribution in [3.05, 3.63) is 35.9 Å². The van der Waals surface area contributed by atoms with E-state index in [2.05, 4.69) is 0 Å². The second kappa shape index (κ2) is 8.51. The summed E-state index contributed by atoms with van der Waals surface area (Å²) >= 11 is 0. The lowest BCUT2D eigenvalue weighted by Gasteiger charge is -2.37. The summed E-state index contributed by atoms with van der Waals surface area (Å²) in [5.74, 6) is -0.0265. The van der Waals surface area contributed by atoms with Gasteiger partial charge >= 0.3 is 6.09 Å². The standard InChI is InChI=1S/C19H26N2O5/c1-24-11-12-25-14-17(22)20-9-7-19(8-10-20)15-21(18(23)26-19)13-16-5-3-2-4-6-16/h2-6H,7-15H2,1H3. The molecule has 0 aliphatic carbocycles. The minimum absolute atomic E-state index is 0.0265. The van der Waals surface area contributed by atoms with Crippen LogP contribution in [-0.4, -0.2) is 74.0 Å². The first kappa shape index (κ1) is 18.7. The molecular weight excluding hydrogens is 336 g/mol. The molecule has 142 valence electrons. The van der Waals surface area contributed by atoms with E-state index in [4.69, 9.17) is 14.2 Å². The number of piperidine rings is 1. The molecule has 0 N–H and O–H groups in total. The summed E-state index contributed by atoms with van der Waals surface area (Å²) in [6, 6.07) is 9.89. The Hall–Kier alpha value is -2.12. The van der Waals surface area contributed by atoms with Gasteiger partial charge in [-0.3, -0.25) is 9.69 Å². The van der Waals surface area contributed by atoms with Crippen LogP contribution >= 0.6 is 0 Å². The second-order valence-corrected chi connectivity index (χ2v) is 6.82. The Balaban J connectivity index is 1.48. The third-order valence-corrected chi connectivity index (χ3v) is 4.94. The summed E-state index contributed by atoms with van der Waals surface area (Å²) in [7, 11) is 1.60. The van der Waals surface area contributed by atoms with Gasteiger partial charge in [0.1, 0.15) is 12.2 Å². The maximum atomic E-state index is 12.3. The van der Waals surface area contributed by atoms with E-state index in [1.165, 1.54) is 0 Å². The van der Waals surface area contributed by atoms with Gasteiger partial charge in [-0.05, 0) is 5.56 Å². The second-order valence-electron chi connectivity index (χ2n) is 6.82. The molecule has 7 heteroatoms. The van der Waals surface area contributed by atoms with Crippen LogP contribution in [0.15, 0.2) is 30.3 Å². The SMILES string of the molecule is COCCOCC(=O)N1CCC2(CC1)CN(Cc1ccccc1)C(=O)O2. The average molecular weight is 362 g/mol. The van der Waals surface area contributed by atoms with E-state index >= 15 is 0 Å². The number of ether oxygens (including phenoxy) is 3. The molecular formula is C19H26N2O5. The number of hydrogen-bond acceptors (Lipinski definition) is 5. The van der Waals surface area contributed by atoms with Crippen LogP contribution in [0.2, 0.25) is 0 Å². The van der Waals surface area contributed by atoms with Gasteiger partial charge in [0.15, 0.2) is 0 Å². The average Bonchev–Trinajstić information content (AvgIpc) is 2.95. The van der Waals surface area contributed by atoms with Gasteiger partial charge in [-0.1, -0.05) is 30.3 Å². The molecule has 0 saturated carbocycles. The molecule has 2 fully saturated rings. The van der Waals surface area contributed by atoms with Crippen molar-refractivity contribution in [3.8, 4) is 0 Å². The molecule has 1 aromatic carbocycles. The molecule has 0 aromatic heterocycles. The maximum Gasteiger partial charge on any atom is 0.410 e. The first-order chi connectivity index (χ1) is 12.6. The molecule has 2 amide bonds. The Morgan fingerprint density at radius 1 is 1.19 bits per heavy atom. The zero-order chi connectivity index (χ0) is 18.4. The van der Waals surface area contributed by atoms with Crippen LogP contribution in [0, 0.1) is 0 Å². The smallest absolute Gasteiger partial charge is 0.410 e. The topological polar surface area (TPSA) is 68.3 Å². The number of amides is 2. The van der Waals surface area contributed by atoms with Crippen molar-refractivity contribution in [1.82, 2.24) is 9.80 Å². The maximum absolute atomic E-state index is 12.3. The molecule has 2 heterocycles. The fraction of sp³-hybridized carbons (Fsp3) is 0.579. The van der Waals surface area contributed by atoms with Crippen LogP contribution in [0.4, 0.5) is 4.79 Å². The fourth-order valence-electron chi connectivity index (χ4n) is 3.44. The number of methoxy groups -OCH3 is 1. The molecule has 0 atom stereocenters. The van der Waals surface area contributed by atoms with Gasteiger partial charge in [0.2, 0.25) is 5.91 Å². The van der Waals surface area contributed by atoms with Crippen molar-refractivity contribution >= 4 is 12.0 Å². The van der Waals surface area contributed by atoms with Gasteiger partial charge in [-0.2, -0.15) is 0 Å². The molecule has 3 rings (SSSR count). The Bertz CT molecular complexity index is 614. The Morgan fingerprint density at radius 2 is 1.92 bits per heavy atom. The number of nitrogens with zero attached hydrogens (tertiary/aromatic N) is 2. The summed E-state index contributed by atoms with van der Waals surface area (Å²) in [6.45, 7) is 3.24. The highest BCUT2D eigenvalue weighted by molar-refractivity contribution is 5.77. The highest BCUT2D eigenvalue weighted by Crippen LogP contribution is 2.34. The van der Waals surface area contributed by atoms with Crippen LogP contribution in [0.1, 0.15) is 18.4 Å². The minimum atomic E-state index is -0.473. The lowest BCUT2D eigenvalue weighted by atomic mass is 9.91. The van der Waals surface area contributed by atoms with Gasteiger partial charge in [0.05, 0.1) is 19.8 Å². The van der Waals surface area contributed by atoms with Crippen LogP contribution < -0.4 is 0 Å². The molecule has 7 nitrogen and oxygen atoms in total. The number of rotatable bonds is 7. The number of carbonyl (C=O) groups excluding carboxylic acids is 2. The van der Waals surface area contributed by atoms with Gasteiger partial charge in [-0.15, -0.1) is 0 Å². The third kappa shape index (κ3) is 4.53. The van der Waals surface area contributed by atoms with Crippen LogP contribution in [0.25, 0.3) is 0 Å². The molecule has 1 spiro atoms. The van der Waals surface area contributed by atoms with Gasteiger partial charge < -0.3 is 19.1 Å². The normalized spacial score (nSPS) is 19.0. The number of likely N-dealkylation sites (tertiary alicyclic amines) is 1. The van der Waals surface area contributed by atoms with E-state index in [0.717, 1.165) is 5.56 Å². The molecule has 0 radical (unpaired) electrons. The summed E-state index contributed by atoms with van der Waals surface area (Å²) in [5, 5.41) is 0. The molecule has 2 aliphatic heterocycles. The van der Waals surface area contributed by atoms with E-state index in [1.54, 1.807) is 16.9 Å². The Kier molecular flexibility index (Phi) is 6.11. The lowest BCUT2D eigenvalue weighted by Crippen LogP contribution is -2.49. The highest BCUT2D eigenvalue weighted by atomic mass is 16.6. The van der Waals surface area contributed by atoms with Crippen molar-refractivity contribution in [2.24, 2.45) is 0 Å². The first-order valence-corrected chi connectivity index (χ1v) is 8.98. The molecule has 2 saturated heterocycles. The van der Waals surface area contributed by atoms with E-state index in [0.29, 0.717) is 52.2 Å². The Morgan fingerprint density at radius 3 is 2.62 bits per heavy atom. The zero-order valence-corrected chi connectivity index (χ0v) is 15.2. The van der Waals surface area contributed by atoms with Crippen molar-refractivity contribution in [2.75, 3.05) is 46.6 Å². The largest absolute Gasteiger partial charge is 0.441 e. The van der Waals surface area contributed by atoms with Crippen LogP contribution in [-0.2, 0) is 25.5 Å². The van der Waals surface area contributed by atoms with Crippen molar-refractivity contribution < 1.29 is 23.8 Å². The van der Waals surface area contributed by atoms with Gasteiger partial charge in [-0.25, -0.2) is 4.79 Å². The highest BCUT2D eigenvalue weighted by Gasteiger charge is 2.47. The van der Waals surface area contributed by atoms with Gasteiger partial charge in [0, 0.05) is 39.6 Å². The minimum Gasteiger partial charge on any atom is -0.441 e. The quantitative estimate of drug-likeness (QED) is 0.690. The third-order valence-electron chi connectivity index (χ3n) is 4.94. The van der Waals surface area contributed by atoms with E-state index in [-0.39, 0.29) is 18.6 Å². The molecule has 0 bridgehead atoms. The predicted molar refractivity (Wildman–Crippen MR) is 94.6 cm³/mol. The van der Waals surface area contributed by atoms with Crippen LogP contribution in [0.3, 0.4) is 0 Å². The van der Waals surface area contributed by atoms with Crippen molar-refractivity contribution in [3.63, 3.8) is 0 Å². The number of hydrogen-bond donors (Lipinski definition) is 0. The molecule has 1 aromatic rings.